The normalized spacial score (nSPS) is 16.9. The summed E-state index contributed by atoms with van der Waals surface area (Å²) in [5, 5.41) is 5.22. The number of anilines is 1. The zero-order valence-corrected chi connectivity index (χ0v) is 20.6. The van der Waals surface area contributed by atoms with E-state index in [9.17, 15) is 18.0 Å². The number of nitrogens with zero attached hydrogens (tertiary/aromatic N) is 1. The summed E-state index contributed by atoms with van der Waals surface area (Å²) in [6.45, 7) is 8.21. The second kappa shape index (κ2) is 10.5. The van der Waals surface area contributed by atoms with Gasteiger partial charge >= 0.3 is 11.8 Å². The Morgan fingerprint density at radius 1 is 0.970 bits per heavy atom. The van der Waals surface area contributed by atoms with Crippen molar-refractivity contribution in [3.63, 3.8) is 0 Å². The van der Waals surface area contributed by atoms with Crippen LogP contribution in [0.4, 0.5) is 5.69 Å². The molecule has 0 aliphatic carbocycles. The number of benzene rings is 2. The molecule has 1 fully saturated rings. The molecule has 2 amide bonds. The Hall–Kier alpha value is -2.71. The monoisotopic (exact) mass is 471 g/mol. The van der Waals surface area contributed by atoms with E-state index < -0.39 is 21.8 Å². The summed E-state index contributed by atoms with van der Waals surface area (Å²) < 4.78 is 28.7. The van der Waals surface area contributed by atoms with Crippen LogP contribution in [-0.2, 0) is 19.6 Å². The van der Waals surface area contributed by atoms with E-state index in [4.69, 9.17) is 0 Å². The number of nitrogens with one attached hydrogen (secondary N) is 2. The third-order valence-electron chi connectivity index (χ3n) is 5.99. The number of rotatable bonds is 6. The molecule has 2 aromatic rings. The first-order valence-electron chi connectivity index (χ1n) is 11.3. The molecule has 1 atom stereocenters. The number of carbonyl (C=O) groups is 2. The average molecular weight is 472 g/mol. The van der Waals surface area contributed by atoms with Gasteiger partial charge in [-0.25, -0.2) is 8.42 Å². The van der Waals surface area contributed by atoms with E-state index in [0.29, 0.717) is 23.5 Å². The van der Waals surface area contributed by atoms with E-state index in [1.807, 2.05) is 45.9 Å². The van der Waals surface area contributed by atoms with Gasteiger partial charge < -0.3 is 10.6 Å². The first-order valence-corrected chi connectivity index (χ1v) is 12.8. The van der Waals surface area contributed by atoms with Gasteiger partial charge in [-0.3, -0.25) is 9.59 Å². The minimum absolute atomic E-state index is 0.219. The van der Waals surface area contributed by atoms with Crippen molar-refractivity contribution in [1.82, 2.24) is 9.62 Å². The van der Waals surface area contributed by atoms with E-state index in [2.05, 4.69) is 10.6 Å². The summed E-state index contributed by atoms with van der Waals surface area (Å²) in [7, 11) is -3.66. The summed E-state index contributed by atoms with van der Waals surface area (Å²) in [5.41, 5.74) is 4.07. The Bertz CT molecular complexity index is 1120. The minimum Gasteiger partial charge on any atom is -0.348 e. The molecular formula is C25H33N3O4S. The lowest BCUT2D eigenvalue weighted by Crippen LogP contribution is -2.46. The second-order valence-electron chi connectivity index (χ2n) is 8.86. The fourth-order valence-corrected chi connectivity index (χ4v) is 6.75. The van der Waals surface area contributed by atoms with Crippen molar-refractivity contribution in [3.05, 3.63) is 58.7 Å². The zero-order valence-electron chi connectivity index (χ0n) is 19.8. The van der Waals surface area contributed by atoms with Crippen molar-refractivity contribution in [2.45, 2.75) is 64.3 Å². The van der Waals surface area contributed by atoms with E-state index in [1.54, 1.807) is 22.5 Å². The van der Waals surface area contributed by atoms with Crippen molar-refractivity contribution >= 4 is 27.5 Å². The summed E-state index contributed by atoms with van der Waals surface area (Å²) in [5.74, 6) is -1.47. The Balaban J connectivity index is 1.64. The number of sulfonamides is 1. The molecule has 0 bridgehead atoms. The van der Waals surface area contributed by atoms with Crippen LogP contribution < -0.4 is 10.6 Å². The molecule has 0 spiro atoms. The highest BCUT2D eigenvalue weighted by atomic mass is 32.2. The average Bonchev–Trinajstić information content (AvgIpc) is 2.73. The van der Waals surface area contributed by atoms with Crippen LogP contribution in [0.1, 0.15) is 47.9 Å². The molecule has 8 heteroatoms. The quantitative estimate of drug-likeness (QED) is 0.629. The number of aryl methyl sites for hydroxylation is 4. The molecule has 2 N–H and O–H groups in total. The summed E-state index contributed by atoms with van der Waals surface area (Å²) in [6.07, 6.45) is 2.93. The molecule has 1 saturated heterocycles. The van der Waals surface area contributed by atoms with Gasteiger partial charge in [-0.05, 0) is 75.8 Å². The molecule has 1 heterocycles. The number of hydrogen-bond donors (Lipinski definition) is 2. The molecular weight excluding hydrogens is 438 g/mol. The van der Waals surface area contributed by atoms with Gasteiger partial charge in [0.15, 0.2) is 0 Å². The van der Waals surface area contributed by atoms with Gasteiger partial charge in [-0.1, -0.05) is 36.2 Å². The lowest BCUT2D eigenvalue weighted by atomic mass is 10.0. The first-order chi connectivity index (χ1) is 15.6. The van der Waals surface area contributed by atoms with Crippen molar-refractivity contribution in [2.24, 2.45) is 0 Å². The van der Waals surface area contributed by atoms with Gasteiger partial charge in [0.2, 0.25) is 10.0 Å². The molecule has 0 aromatic heterocycles. The van der Waals surface area contributed by atoms with Gasteiger partial charge in [0.1, 0.15) is 0 Å². The summed E-state index contributed by atoms with van der Waals surface area (Å²) in [4.78, 5) is 24.8. The molecule has 178 valence electrons. The SMILES string of the molecule is Cc1cccc(NC(=O)C(=O)NCC[C@@H]2CCCCN2S(=O)(=O)c2c(C)cc(C)cc2C)c1. The Morgan fingerprint density at radius 2 is 1.67 bits per heavy atom. The number of carbonyl (C=O) groups excluding carboxylic acids is 2. The van der Waals surface area contributed by atoms with E-state index in [1.165, 1.54) is 0 Å². The van der Waals surface area contributed by atoms with Crippen LogP contribution in [0.25, 0.3) is 0 Å². The highest BCUT2D eigenvalue weighted by molar-refractivity contribution is 7.89. The highest BCUT2D eigenvalue weighted by Gasteiger charge is 2.35. The van der Waals surface area contributed by atoms with Crippen molar-refractivity contribution < 1.29 is 18.0 Å². The third-order valence-corrected chi connectivity index (χ3v) is 8.25. The van der Waals surface area contributed by atoms with Crippen LogP contribution in [0, 0.1) is 27.7 Å². The Labute approximate surface area is 196 Å². The fourth-order valence-electron chi connectivity index (χ4n) is 4.61. The topological polar surface area (TPSA) is 95.6 Å². The van der Waals surface area contributed by atoms with Crippen molar-refractivity contribution in [3.8, 4) is 0 Å². The standard InChI is InChI=1S/C25H33N3O4S/c1-17-8-7-9-21(16-17)27-25(30)24(29)26-12-11-22-10-5-6-13-28(22)33(31,32)23-19(3)14-18(2)15-20(23)4/h7-9,14-16,22H,5-6,10-13H2,1-4H3,(H,26,29)(H,27,30)/t22-/m0/s1. The van der Waals surface area contributed by atoms with E-state index in [-0.39, 0.29) is 12.6 Å². The van der Waals surface area contributed by atoms with Crippen molar-refractivity contribution in [1.29, 1.82) is 0 Å². The molecule has 0 unspecified atom stereocenters. The molecule has 2 aromatic carbocycles. The molecule has 1 aliphatic rings. The largest absolute Gasteiger partial charge is 0.348 e. The molecule has 0 radical (unpaired) electrons. The maximum atomic E-state index is 13.6. The zero-order chi connectivity index (χ0) is 24.2. The Morgan fingerprint density at radius 3 is 2.33 bits per heavy atom. The van der Waals surface area contributed by atoms with E-state index in [0.717, 1.165) is 41.5 Å². The van der Waals surface area contributed by atoms with Crippen LogP contribution in [0.2, 0.25) is 0 Å². The molecule has 7 nitrogen and oxygen atoms in total. The molecule has 33 heavy (non-hydrogen) atoms. The lowest BCUT2D eigenvalue weighted by molar-refractivity contribution is -0.136. The highest BCUT2D eigenvalue weighted by Crippen LogP contribution is 2.31. The lowest BCUT2D eigenvalue weighted by Gasteiger charge is -2.35. The van der Waals surface area contributed by atoms with Gasteiger partial charge in [-0.15, -0.1) is 0 Å². The van der Waals surface area contributed by atoms with Gasteiger partial charge in [0.05, 0.1) is 4.90 Å². The Kier molecular flexibility index (Phi) is 7.92. The van der Waals surface area contributed by atoms with Crippen LogP contribution in [0.5, 0.6) is 0 Å². The fraction of sp³-hybridized carbons (Fsp3) is 0.440. The first kappa shape index (κ1) is 24.9. The van der Waals surface area contributed by atoms with Crippen LogP contribution in [-0.4, -0.2) is 43.7 Å². The van der Waals surface area contributed by atoms with Crippen LogP contribution in [0.15, 0.2) is 41.3 Å². The van der Waals surface area contributed by atoms with Crippen molar-refractivity contribution in [2.75, 3.05) is 18.4 Å². The van der Waals surface area contributed by atoms with Crippen LogP contribution in [0.3, 0.4) is 0 Å². The second-order valence-corrected chi connectivity index (χ2v) is 10.7. The smallest absolute Gasteiger partial charge is 0.313 e. The predicted molar refractivity (Wildman–Crippen MR) is 130 cm³/mol. The van der Waals surface area contributed by atoms with Gasteiger partial charge in [-0.2, -0.15) is 4.31 Å². The molecule has 1 aliphatic heterocycles. The maximum Gasteiger partial charge on any atom is 0.313 e. The summed E-state index contributed by atoms with van der Waals surface area (Å²) in [6, 6.07) is 10.8. The van der Waals surface area contributed by atoms with Crippen LogP contribution >= 0.6 is 0 Å². The maximum absolute atomic E-state index is 13.6. The number of piperidine rings is 1. The predicted octanol–water partition coefficient (Wildman–Crippen LogP) is 3.61. The summed E-state index contributed by atoms with van der Waals surface area (Å²) >= 11 is 0. The molecule has 0 saturated carbocycles. The van der Waals surface area contributed by atoms with Gasteiger partial charge in [0.25, 0.3) is 0 Å². The third kappa shape index (κ3) is 6.00. The van der Waals surface area contributed by atoms with E-state index >= 15 is 0 Å². The molecule has 3 rings (SSSR count). The van der Waals surface area contributed by atoms with Gasteiger partial charge in [0, 0.05) is 24.8 Å². The minimum atomic E-state index is -3.66. The number of amides is 2. The number of hydrogen-bond acceptors (Lipinski definition) is 4.